The molecule has 1 aliphatic rings. The highest BCUT2D eigenvalue weighted by molar-refractivity contribution is 7.92. The standard InChI is InChI=1S/C22H18ClFN6O3S/c23-22-19(29-34(31,32)21-13-25-4-3-17(21)24)10-15(11-26-22)14-1-2-18-16(9-14)20(12-27-28-18)30-5-7-33-8-6-30/h1-4,9-13,29H,5-8H2. The minimum Gasteiger partial charge on any atom is -0.378 e. The van der Waals surface area contributed by atoms with Crippen LogP contribution in [-0.4, -0.2) is 54.9 Å². The van der Waals surface area contributed by atoms with Crippen LogP contribution in [-0.2, 0) is 14.8 Å². The van der Waals surface area contributed by atoms with Gasteiger partial charge >= 0.3 is 0 Å². The number of hydrogen-bond acceptors (Lipinski definition) is 8. The maximum Gasteiger partial charge on any atom is 0.266 e. The van der Waals surface area contributed by atoms with E-state index in [0.717, 1.165) is 47.5 Å². The molecule has 1 saturated heterocycles. The van der Waals surface area contributed by atoms with Gasteiger partial charge in [0.05, 0.1) is 42.5 Å². The smallest absolute Gasteiger partial charge is 0.266 e. The topological polar surface area (TPSA) is 110 Å². The second-order valence-corrected chi connectivity index (χ2v) is 9.54. The van der Waals surface area contributed by atoms with Gasteiger partial charge in [-0.25, -0.2) is 17.8 Å². The van der Waals surface area contributed by atoms with Gasteiger partial charge in [0.2, 0.25) is 0 Å². The highest BCUT2D eigenvalue weighted by Gasteiger charge is 2.21. The molecule has 0 aliphatic carbocycles. The van der Waals surface area contributed by atoms with Crippen molar-refractivity contribution < 1.29 is 17.5 Å². The van der Waals surface area contributed by atoms with Crippen molar-refractivity contribution in [3.05, 3.63) is 66.1 Å². The molecule has 34 heavy (non-hydrogen) atoms. The van der Waals surface area contributed by atoms with Crippen molar-refractivity contribution >= 4 is 43.9 Å². The normalized spacial score (nSPS) is 14.4. The third kappa shape index (κ3) is 4.37. The Kier molecular flexibility index (Phi) is 5.98. The number of aromatic nitrogens is 4. The average Bonchev–Trinajstić information content (AvgIpc) is 2.85. The Morgan fingerprint density at radius 2 is 1.88 bits per heavy atom. The van der Waals surface area contributed by atoms with Crippen LogP contribution in [0, 0.1) is 5.82 Å². The Balaban J connectivity index is 1.53. The Labute approximate surface area is 199 Å². The van der Waals surface area contributed by atoms with Crippen LogP contribution in [0.15, 0.2) is 60.0 Å². The monoisotopic (exact) mass is 500 g/mol. The van der Waals surface area contributed by atoms with E-state index in [9.17, 15) is 12.8 Å². The lowest BCUT2D eigenvalue weighted by molar-refractivity contribution is 0.123. The third-order valence-corrected chi connectivity index (χ3v) is 7.08. The van der Waals surface area contributed by atoms with Crippen LogP contribution in [0.3, 0.4) is 0 Å². The van der Waals surface area contributed by atoms with E-state index in [1.807, 2.05) is 18.2 Å². The molecule has 4 heterocycles. The molecular formula is C22H18ClFN6O3S. The molecule has 0 saturated carbocycles. The van der Waals surface area contributed by atoms with Crippen LogP contribution in [0.5, 0.6) is 0 Å². The summed E-state index contributed by atoms with van der Waals surface area (Å²) in [6, 6.07) is 8.13. The molecule has 1 aromatic carbocycles. The Bertz CT molecular complexity index is 1480. The lowest BCUT2D eigenvalue weighted by Crippen LogP contribution is -2.36. The van der Waals surface area contributed by atoms with Crippen LogP contribution in [0.2, 0.25) is 5.15 Å². The molecule has 9 nitrogen and oxygen atoms in total. The second-order valence-electron chi connectivity index (χ2n) is 7.54. The molecule has 0 unspecified atom stereocenters. The summed E-state index contributed by atoms with van der Waals surface area (Å²) in [4.78, 5) is 9.41. The number of anilines is 2. The van der Waals surface area contributed by atoms with E-state index in [1.54, 1.807) is 12.3 Å². The maximum atomic E-state index is 14.0. The minimum atomic E-state index is -4.27. The maximum absolute atomic E-state index is 14.0. The summed E-state index contributed by atoms with van der Waals surface area (Å²) in [5.41, 5.74) is 3.06. The number of sulfonamides is 1. The van der Waals surface area contributed by atoms with Gasteiger partial charge in [-0.15, -0.1) is 0 Å². The van der Waals surface area contributed by atoms with E-state index >= 15 is 0 Å². The van der Waals surface area contributed by atoms with Gasteiger partial charge in [-0.05, 0) is 29.8 Å². The number of nitrogens with zero attached hydrogens (tertiary/aromatic N) is 5. The van der Waals surface area contributed by atoms with Gasteiger partial charge in [-0.1, -0.05) is 17.7 Å². The molecule has 3 aromatic heterocycles. The van der Waals surface area contributed by atoms with E-state index in [0.29, 0.717) is 18.8 Å². The largest absolute Gasteiger partial charge is 0.378 e. The summed E-state index contributed by atoms with van der Waals surface area (Å²) in [5.74, 6) is -0.922. The van der Waals surface area contributed by atoms with Gasteiger partial charge in [0, 0.05) is 36.4 Å². The van der Waals surface area contributed by atoms with Crippen molar-refractivity contribution in [2.75, 3.05) is 35.9 Å². The van der Waals surface area contributed by atoms with Gasteiger partial charge in [0.1, 0.15) is 10.7 Å². The number of pyridine rings is 2. The fourth-order valence-electron chi connectivity index (χ4n) is 3.72. The molecule has 4 aromatic rings. The van der Waals surface area contributed by atoms with E-state index in [4.69, 9.17) is 16.3 Å². The molecule has 1 fully saturated rings. The van der Waals surface area contributed by atoms with Crippen molar-refractivity contribution in [1.82, 2.24) is 20.2 Å². The predicted octanol–water partition coefficient (Wildman–Crippen LogP) is 3.52. The number of rotatable bonds is 5. The first-order chi connectivity index (χ1) is 16.4. The van der Waals surface area contributed by atoms with Crippen molar-refractivity contribution in [3.8, 4) is 11.1 Å². The van der Waals surface area contributed by atoms with Crippen molar-refractivity contribution in [2.24, 2.45) is 0 Å². The van der Waals surface area contributed by atoms with Crippen LogP contribution < -0.4 is 9.62 Å². The molecule has 0 spiro atoms. The molecule has 12 heteroatoms. The highest BCUT2D eigenvalue weighted by Crippen LogP contribution is 2.33. The molecule has 0 amide bonds. The molecule has 174 valence electrons. The van der Waals surface area contributed by atoms with Gasteiger partial charge < -0.3 is 9.64 Å². The first-order valence-corrected chi connectivity index (χ1v) is 12.1. The first kappa shape index (κ1) is 22.4. The summed E-state index contributed by atoms with van der Waals surface area (Å²) < 4.78 is 47.2. The first-order valence-electron chi connectivity index (χ1n) is 10.3. The van der Waals surface area contributed by atoms with E-state index in [1.165, 1.54) is 12.4 Å². The Morgan fingerprint density at radius 3 is 2.68 bits per heavy atom. The Hall–Kier alpha value is -3.41. The number of hydrogen-bond donors (Lipinski definition) is 1. The van der Waals surface area contributed by atoms with Crippen molar-refractivity contribution in [3.63, 3.8) is 0 Å². The van der Waals surface area contributed by atoms with Crippen molar-refractivity contribution in [2.45, 2.75) is 4.90 Å². The van der Waals surface area contributed by atoms with Gasteiger partial charge in [-0.3, -0.25) is 9.71 Å². The molecule has 5 rings (SSSR count). The summed E-state index contributed by atoms with van der Waals surface area (Å²) in [6.45, 7) is 2.74. The molecule has 1 N–H and O–H groups in total. The third-order valence-electron chi connectivity index (χ3n) is 5.41. The minimum absolute atomic E-state index is 0.0174. The zero-order chi connectivity index (χ0) is 23.7. The fraction of sp³-hybridized carbons (Fsp3) is 0.182. The summed E-state index contributed by atoms with van der Waals surface area (Å²) >= 11 is 6.15. The van der Waals surface area contributed by atoms with E-state index in [-0.39, 0.29) is 10.8 Å². The lowest BCUT2D eigenvalue weighted by Gasteiger charge is -2.29. The van der Waals surface area contributed by atoms with Gasteiger partial charge in [0.25, 0.3) is 10.0 Å². The Morgan fingerprint density at radius 1 is 1.06 bits per heavy atom. The van der Waals surface area contributed by atoms with E-state index in [2.05, 4.69) is 29.8 Å². The molecule has 1 aliphatic heterocycles. The van der Waals surface area contributed by atoms with Crippen LogP contribution >= 0.6 is 11.6 Å². The molecular weight excluding hydrogens is 483 g/mol. The number of benzene rings is 1. The quantitative estimate of drug-likeness (QED) is 0.414. The number of morpholine rings is 1. The fourth-order valence-corrected chi connectivity index (χ4v) is 5.00. The average molecular weight is 501 g/mol. The molecule has 0 radical (unpaired) electrons. The zero-order valence-corrected chi connectivity index (χ0v) is 19.2. The van der Waals surface area contributed by atoms with Crippen molar-refractivity contribution in [1.29, 1.82) is 0 Å². The summed E-state index contributed by atoms with van der Waals surface area (Å²) in [5, 5.41) is 9.15. The van der Waals surface area contributed by atoms with E-state index < -0.39 is 20.7 Å². The zero-order valence-electron chi connectivity index (χ0n) is 17.6. The number of fused-ring (bicyclic) bond motifs is 1. The number of halogens is 2. The molecule has 0 atom stereocenters. The molecule has 0 bridgehead atoms. The highest BCUT2D eigenvalue weighted by atomic mass is 35.5. The van der Waals surface area contributed by atoms with Gasteiger partial charge in [-0.2, -0.15) is 10.2 Å². The SMILES string of the molecule is O=S(=O)(Nc1cc(-c2ccc3nncc(N4CCOCC4)c3c2)cnc1Cl)c1cnccc1F. The number of ether oxygens (including phenoxy) is 1. The van der Waals surface area contributed by atoms with Crippen LogP contribution in [0.1, 0.15) is 0 Å². The van der Waals surface area contributed by atoms with Gasteiger partial charge in [0.15, 0.2) is 5.15 Å². The summed E-state index contributed by atoms with van der Waals surface area (Å²) in [6.07, 6.45) is 5.35. The summed E-state index contributed by atoms with van der Waals surface area (Å²) in [7, 11) is -4.27. The predicted molar refractivity (Wildman–Crippen MR) is 126 cm³/mol. The number of nitrogens with one attached hydrogen (secondary N) is 1. The van der Waals surface area contributed by atoms with Crippen LogP contribution in [0.25, 0.3) is 22.0 Å². The lowest BCUT2D eigenvalue weighted by atomic mass is 10.0. The second kappa shape index (κ2) is 9.09. The van der Waals surface area contributed by atoms with Crippen LogP contribution in [0.4, 0.5) is 15.8 Å².